The molecule has 1 saturated heterocycles. The van der Waals surface area contributed by atoms with E-state index in [1.807, 2.05) is 0 Å². The molecular weight excluding hydrogens is 264 g/mol. The van der Waals surface area contributed by atoms with Gasteiger partial charge in [-0.15, -0.1) is 0 Å². The lowest BCUT2D eigenvalue weighted by Crippen LogP contribution is -2.42. The van der Waals surface area contributed by atoms with Crippen LogP contribution in [0.2, 0.25) is 0 Å². The van der Waals surface area contributed by atoms with Crippen molar-refractivity contribution >= 4 is 10.0 Å². The molecule has 1 N–H and O–H groups in total. The van der Waals surface area contributed by atoms with Gasteiger partial charge in [-0.1, -0.05) is 0 Å². The van der Waals surface area contributed by atoms with Crippen molar-refractivity contribution in [3.05, 3.63) is 29.8 Å². The Morgan fingerprint density at radius 3 is 2.72 bits per heavy atom. The largest absolute Gasteiger partial charge is 0.392 e. The molecule has 1 aromatic carbocycles. The van der Waals surface area contributed by atoms with Crippen molar-refractivity contribution in [2.75, 3.05) is 13.1 Å². The zero-order valence-corrected chi connectivity index (χ0v) is 10.3. The smallest absolute Gasteiger partial charge is 0.246 e. The molecule has 100 valence electrons. The minimum absolute atomic E-state index is 0.0850. The molecule has 1 aliphatic rings. The standard InChI is InChI=1S/C11H13F2NO3S/c12-8-3-4-10(13)11(6-8)18(16,17)14-5-1-2-9(15)7-14/h3-4,6,9,15H,1-2,5,7H2/t9-/m0/s1. The van der Waals surface area contributed by atoms with E-state index in [2.05, 4.69) is 0 Å². The van der Waals surface area contributed by atoms with Crippen LogP contribution in [0.1, 0.15) is 12.8 Å². The normalized spacial score (nSPS) is 22.1. The number of benzene rings is 1. The molecular formula is C11H13F2NO3S. The summed E-state index contributed by atoms with van der Waals surface area (Å²) in [7, 11) is -4.09. The molecule has 0 spiro atoms. The van der Waals surface area contributed by atoms with Crippen molar-refractivity contribution in [1.29, 1.82) is 0 Å². The number of nitrogens with zero attached hydrogens (tertiary/aromatic N) is 1. The topological polar surface area (TPSA) is 57.6 Å². The van der Waals surface area contributed by atoms with E-state index in [-0.39, 0.29) is 13.1 Å². The summed E-state index contributed by atoms with van der Waals surface area (Å²) in [6.45, 7) is 0.119. The minimum Gasteiger partial charge on any atom is -0.392 e. The quantitative estimate of drug-likeness (QED) is 0.881. The third-order valence-electron chi connectivity index (χ3n) is 2.87. The zero-order valence-electron chi connectivity index (χ0n) is 9.51. The highest BCUT2D eigenvalue weighted by Gasteiger charge is 2.31. The van der Waals surface area contributed by atoms with Crippen LogP contribution in [0.3, 0.4) is 0 Å². The number of β-amino-alcohol motifs (C(OH)–C–C–N with tert-alkyl or cyclic N) is 1. The SMILES string of the molecule is O=S(=O)(c1cc(F)ccc1F)N1CCC[C@H](O)C1. The summed E-state index contributed by atoms with van der Waals surface area (Å²) >= 11 is 0. The first kappa shape index (κ1) is 13.4. The van der Waals surface area contributed by atoms with Gasteiger partial charge in [0.25, 0.3) is 0 Å². The molecule has 7 heteroatoms. The summed E-state index contributed by atoms with van der Waals surface area (Å²) in [5, 5.41) is 9.44. The van der Waals surface area contributed by atoms with Crippen molar-refractivity contribution in [1.82, 2.24) is 4.31 Å². The van der Waals surface area contributed by atoms with Crippen LogP contribution in [-0.2, 0) is 10.0 Å². The number of piperidine rings is 1. The molecule has 1 aliphatic heterocycles. The molecule has 4 nitrogen and oxygen atoms in total. The second-order valence-corrected chi connectivity index (χ2v) is 6.14. The van der Waals surface area contributed by atoms with Gasteiger partial charge in [-0.05, 0) is 31.0 Å². The van der Waals surface area contributed by atoms with Gasteiger partial charge in [0.05, 0.1) is 6.10 Å². The fourth-order valence-electron chi connectivity index (χ4n) is 1.95. The maximum absolute atomic E-state index is 13.5. The molecule has 0 bridgehead atoms. The Labute approximate surface area is 104 Å². The third kappa shape index (κ3) is 2.52. The monoisotopic (exact) mass is 277 g/mol. The van der Waals surface area contributed by atoms with Gasteiger partial charge in [0.1, 0.15) is 16.5 Å². The van der Waals surface area contributed by atoms with Crippen molar-refractivity contribution < 1.29 is 22.3 Å². The lowest BCUT2D eigenvalue weighted by Gasteiger charge is -2.29. The fourth-order valence-corrected chi connectivity index (χ4v) is 3.55. The van der Waals surface area contributed by atoms with Gasteiger partial charge in [-0.3, -0.25) is 0 Å². The summed E-state index contributed by atoms with van der Waals surface area (Å²) in [6, 6.07) is 2.30. The lowest BCUT2D eigenvalue weighted by molar-refractivity contribution is 0.108. The number of sulfonamides is 1. The number of hydrogen-bond acceptors (Lipinski definition) is 3. The zero-order chi connectivity index (χ0) is 13.3. The van der Waals surface area contributed by atoms with Gasteiger partial charge in [0.15, 0.2) is 0 Å². The molecule has 0 aromatic heterocycles. The Morgan fingerprint density at radius 1 is 1.33 bits per heavy atom. The summed E-state index contributed by atoms with van der Waals surface area (Å²) in [4.78, 5) is -0.684. The maximum atomic E-state index is 13.5. The van der Waals surface area contributed by atoms with Crippen LogP contribution < -0.4 is 0 Å². The molecule has 1 fully saturated rings. The van der Waals surface area contributed by atoms with Crippen LogP contribution in [0, 0.1) is 11.6 Å². The lowest BCUT2D eigenvalue weighted by atomic mass is 10.1. The van der Waals surface area contributed by atoms with Gasteiger partial charge >= 0.3 is 0 Å². The summed E-state index contributed by atoms with van der Waals surface area (Å²) in [6.07, 6.45) is 0.250. The molecule has 0 saturated carbocycles. The van der Waals surface area contributed by atoms with E-state index in [1.54, 1.807) is 0 Å². The second-order valence-electron chi connectivity index (χ2n) is 4.23. The Hall–Kier alpha value is -1.05. The van der Waals surface area contributed by atoms with Gasteiger partial charge < -0.3 is 5.11 Å². The van der Waals surface area contributed by atoms with Crippen molar-refractivity contribution in [2.24, 2.45) is 0 Å². The van der Waals surface area contributed by atoms with E-state index < -0.39 is 32.7 Å². The number of hydrogen-bond donors (Lipinski definition) is 1. The molecule has 18 heavy (non-hydrogen) atoms. The maximum Gasteiger partial charge on any atom is 0.246 e. The molecule has 1 aromatic rings. The second kappa shape index (κ2) is 4.91. The first-order valence-corrected chi connectivity index (χ1v) is 6.98. The molecule has 0 aliphatic carbocycles. The number of aliphatic hydroxyl groups is 1. The van der Waals surface area contributed by atoms with E-state index in [4.69, 9.17) is 0 Å². The third-order valence-corrected chi connectivity index (χ3v) is 4.75. The van der Waals surface area contributed by atoms with Crippen molar-refractivity contribution in [2.45, 2.75) is 23.8 Å². The highest BCUT2D eigenvalue weighted by atomic mass is 32.2. The highest BCUT2D eigenvalue weighted by molar-refractivity contribution is 7.89. The summed E-state index contributed by atoms with van der Waals surface area (Å²) < 4.78 is 51.7. The highest BCUT2D eigenvalue weighted by Crippen LogP contribution is 2.23. The number of halogens is 2. The fraction of sp³-hybridized carbons (Fsp3) is 0.455. The number of rotatable bonds is 2. The van der Waals surface area contributed by atoms with Crippen LogP contribution in [0.4, 0.5) is 8.78 Å². The van der Waals surface area contributed by atoms with E-state index in [9.17, 15) is 22.3 Å². The van der Waals surface area contributed by atoms with E-state index >= 15 is 0 Å². The Kier molecular flexibility index (Phi) is 3.65. The molecule has 2 rings (SSSR count). The average molecular weight is 277 g/mol. The van der Waals surface area contributed by atoms with Crippen LogP contribution >= 0.6 is 0 Å². The summed E-state index contributed by atoms with van der Waals surface area (Å²) in [5.41, 5.74) is 0. The van der Waals surface area contributed by atoms with Crippen LogP contribution in [0.25, 0.3) is 0 Å². The van der Waals surface area contributed by atoms with E-state index in [1.165, 1.54) is 0 Å². The van der Waals surface area contributed by atoms with Crippen molar-refractivity contribution in [3.63, 3.8) is 0 Å². The Morgan fingerprint density at radius 2 is 2.06 bits per heavy atom. The van der Waals surface area contributed by atoms with Crippen molar-refractivity contribution in [3.8, 4) is 0 Å². The average Bonchev–Trinajstić information content (AvgIpc) is 2.32. The van der Waals surface area contributed by atoms with Crippen LogP contribution in [0.15, 0.2) is 23.1 Å². The van der Waals surface area contributed by atoms with E-state index in [0.29, 0.717) is 18.9 Å². The van der Waals surface area contributed by atoms with Gasteiger partial charge in [0, 0.05) is 13.1 Å². The predicted molar refractivity (Wildman–Crippen MR) is 60.4 cm³/mol. The molecule has 0 unspecified atom stereocenters. The number of aliphatic hydroxyl groups excluding tert-OH is 1. The van der Waals surface area contributed by atoms with Crippen LogP contribution in [-0.4, -0.2) is 37.0 Å². The summed E-state index contributed by atoms with van der Waals surface area (Å²) in [5.74, 6) is -1.80. The Balaban J connectivity index is 2.38. The molecule has 1 heterocycles. The Bertz CT molecular complexity index is 547. The van der Waals surface area contributed by atoms with Gasteiger partial charge in [-0.25, -0.2) is 17.2 Å². The minimum atomic E-state index is -4.09. The first-order valence-electron chi connectivity index (χ1n) is 5.54. The van der Waals surface area contributed by atoms with Gasteiger partial charge in [0.2, 0.25) is 10.0 Å². The molecule has 1 atom stereocenters. The van der Waals surface area contributed by atoms with E-state index in [0.717, 1.165) is 16.4 Å². The first-order chi connectivity index (χ1) is 8.41. The van der Waals surface area contributed by atoms with Crippen LogP contribution in [0.5, 0.6) is 0 Å². The molecule has 0 amide bonds. The van der Waals surface area contributed by atoms with Gasteiger partial charge in [-0.2, -0.15) is 4.31 Å². The predicted octanol–water partition coefficient (Wildman–Crippen LogP) is 1.11. The molecule has 0 radical (unpaired) electrons.